The molecule has 0 bridgehead atoms. The third-order valence-corrected chi connectivity index (χ3v) is 4.43. The summed E-state index contributed by atoms with van der Waals surface area (Å²) in [5.74, 6) is -1.78. The van der Waals surface area contributed by atoms with Crippen molar-refractivity contribution in [1.82, 2.24) is 0 Å². The minimum absolute atomic E-state index is 0.290. The largest absolute Gasteiger partial charge is 0.458 e. The van der Waals surface area contributed by atoms with Crippen molar-refractivity contribution in [3.63, 3.8) is 0 Å². The molecule has 2 rings (SSSR count). The topological polar surface area (TPSA) is 78.9 Å². The molecule has 1 heterocycles. The molecule has 1 saturated heterocycles. The van der Waals surface area contributed by atoms with Crippen molar-refractivity contribution in [3.05, 3.63) is 35.5 Å². The van der Waals surface area contributed by atoms with Gasteiger partial charge in [0.15, 0.2) is 0 Å². The zero-order valence-electron chi connectivity index (χ0n) is 15.0. The van der Waals surface area contributed by atoms with Crippen molar-refractivity contribution in [2.45, 2.75) is 58.8 Å². The van der Waals surface area contributed by atoms with Crippen molar-refractivity contribution in [2.24, 2.45) is 5.92 Å². The summed E-state index contributed by atoms with van der Waals surface area (Å²) < 4.78 is 16.3. The lowest BCUT2D eigenvalue weighted by Gasteiger charge is -2.27. The van der Waals surface area contributed by atoms with Crippen LogP contribution in [0.3, 0.4) is 0 Å². The number of ether oxygens (including phenoxy) is 3. The van der Waals surface area contributed by atoms with Crippen LogP contribution >= 0.6 is 0 Å². The Kier molecular flexibility index (Phi) is 5.82. The minimum atomic E-state index is -0.703. The summed E-state index contributed by atoms with van der Waals surface area (Å²) in [6.07, 6.45) is 3.13. The number of hydrogen-bond donors (Lipinski definition) is 0. The first-order valence-corrected chi connectivity index (χ1v) is 8.27. The summed E-state index contributed by atoms with van der Waals surface area (Å²) in [4.78, 5) is 35.0. The van der Waals surface area contributed by atoms with Crippen LogP contribution in [-0.2, 0) is 28.6 Å². The summed E-state index contributed by atoms with van der Waals surface area (Å²) in [6, 6.07) is 0. The van der Waals surface area contributed by atoms with E-state index in [0.717, 1.165) is 11.1 Å². The van der Waals surface area contributed by atoms with E-state index in [0.29, 0.717) is 12.8 Å². The Hall–Kier alpha value is -2.37. The molecule has 4 unspecified atom stereocenters. The highest BCUT2D eigenvalue weighted by Crippen LogP contribution is 2.36. The van der Waals surface area contributed by atoms with E-state index in [1.165, 1.54) is 13.8 Å². The lowest BCUT2D eigenvalue weighted by Crippen LogP contribution is -2.33. The number of carbonyl (C=O) groups excluding carboxylic acids is 3. The molecule has 0 spiro atoms. The lowest BCUT2D eigenvalue weighted by atomic mass is 9.85. The lowest BCUT2D eigenvalue weighted by molar-refractivity contribution is -0.148. The van der Waals surface area contributed by atoms with E-state index in [1.54, 1.807) is 6.08 Å². The van der Waals surface area contributed by atoms with Gasteiger partial charge in [-0.15, -0.1) is 0 Å². The Bertz CT molecular complexity index is 657. The van der Waals surface area contributed by atoms with Crippen LogP contribution in [0.5, 0.6) is 0 Å². The summed E-state index contributed by atoms with van der Waals surface area (Å²) in [5, 5.41) is 0. The zero-order chi connectivity index (χ0) is 18.7. The highest BCUT2D eigenvalue weighted by Gasteiger charge is 2.44. The number of hydrogen-bond acceptors (Lipinski definition) is 6. The monoisotopic (exact) mass is 348 g/mol. The van der Waals surface area contributed by atoms with Gasteiger partial charge >= 0.3 is 17.9 Å². The second-order valence-corrected chi connectivity index (χ2v) is 6.57. The number of rotatable bonds is 2. The van der Waals surface area contributed by atoms with Crippen molar-refractivity contribution < 1.29 is 28.6 Å². The highest BCUT2D eigenvalue weighted by molar-refractivity contribution is 5.91. The van der Waals surface area contributed by atoms with Gasteiger partial charge in [0, 0.05) is 32.3 Å². The minimum Gasteiger partial charge on any atom is -0.458 e. The van der Waals surface area contributed by atoms with Crippen LogP contribution in [-0.4, -0.2) is 36.2 Å². The molecule has 1 aliphatic carbocycles. The van der Waals surface area contributed by atoms with Crippen LogP contribution in [0, 0.1) is 5.92 Å². The van der Waals surface area contributed by atoms with E-state index < -0.39 is 36.2 Å². The Labute approximate surface area is 147 Å². The fraction of sp³-hybridized carbons (Fsp3) is 0.526. The molecule has 25 heavy (non-hydrogen) atoms. The predicted molar refractivity (Wildman–Crippen MR) is 90.4 cm³/mol. The number of carbonyl (C=O) groups is 3. The summed E-state index contributed by atoms with van der Waals surface area (Å²) in [6.45, 7) is 10.2. The van der Waals surface area contributed by atoms with Gasteiger partial charge in [0.25, 0.3) is 0 Å². The van der Waals surface area contributed by atoms with E-state index in [4.69, 9.17) is 14.2 Å². The van der Waals surface area contributed by atoms with Crippen LogP contribution in [0.1, 0.15) is 40.5 Å². The first-order valence-electron chi connectivity index (χ1n) is 8.27. The molecule has 0 amide bonds. The van der Waals surface area contributed by atoms with Crippen molar-refractivity contribution >= 4 is 17.9 Å². The average molecular weight is 348 g/mol. The first kappa shape index (κ1) is 19.0. The Balaban J connectivity index is 2.46. The third-order valence-electron chi connectivity index (χ3n) is 4.43. The van der Waals surface area contributed by atoms with Crippen molar-refractivity contribution in [3.8, 4) is 0 Å². The van der Waals surface area contributed by atoms with Crippen LogP contribution in [0.15, 0.2) is 35.5 Å². The molecule has 0 radical (unpaired) electrons. The molecule has 6 heteroatoms. The number of fused-ring (bicyclic) bond motifs is 1. The van der Waals surface area contributed by atoms with Crippen LogP contribution in [0.2, 0.25) is 0 Å². The van der Waals surface area contributed by atoms with Gasteiger partial charge in [-0.3, -0.25) is 9.59 Å². The maximum Gasteiger partial charge on any atom is 0.334 e. The van der Waals surface area contributed by atoms with Crippen LogP contribution in [0.4, 0.5) is 0 Å². The summed E-state index contributed by atoms with van der Waals surface area (Å²) >= 11 is 0. The molecule has 0 saturated carbocycles. The number of esters is 3. The van der Waals surface area contributed by atoms with E-state index in [-0.39, 0.29) is 11.5 Å². The van der Waals surface area contributed by atoms with Crippen LogP contribution < -0.4 is 0 Å². The molecular formula is C19H24O6. The highest BCUT2D eigenvalue weighted by atomic mass is 16.6. The molecule has 6 nitrogen and oxygen atoms in total. The average Bonchev–Trinajstić information content (AvgIpc) is 2.75. The second-order valence-electron chi connectivity index (χ2n) is 6.57. The first-order chi connectivity index (χ1) is 11.7. The van der Waals surface area contributed by atoms with E-state index in [1.807, 2.05) is 19.9 Å². The van der Waals surface area contributed by atoms with Gasteiger partial charge in [0.05, 0.1) is 5.92 Å². The quantitative estimate of drug-likeness (QED) is 0.330. The zero-order valence-corrected chi connectivity index (χ0v) is 15.0. The molecule has 0 aromatic carbocycles. The molecule has 0 aromatic rings. The Morgan fingerprint density at radius 2 is 1.84 bits per heavy atom. The van der Waals surface area contributed by atoms with Gasteiger partial charge in [-0.2, -0.15) is 0 Å². The van der Waals surface area contributed by atoms with Gasteiger partial charge in [-0.1, -0.05) is 18.2 Å². The van der Waals surface area contributed by atoms with Crippen molar-refractivity contribution in [1.29, 1.82) is 0 Å². The smallest absolute Gasteiger partial charge is 0.334 e. The third kappa shape index (κ3) is 4.59. The standard InChI is InChI=1S/C19H24O6/c1-10-6-7-15(23-13(4)20)11(2)9-17(24-14(5)21)18-12(3)19(22)25-16(18)8-10/h6,9,15-18H,3,7-8H2,1-2,4-5H3/b10-6-,11-9-. The van der Waals surface area contributed by atoms with Crippen molar-refractivity contribution in [2.75, 3.05) is 0 Å². The SMILES string of the molecule is C=C1C(=O)OC2C/C(C)=C\CC(OC(C)=O)/C(C)=C\C(OC(C)=O)C12. The maximum atomic E-state index is 12.0. The van der Waals surface area contributed by atoms with Crippen LogP contribution in [0.25, 0.3) is 0 Å². The Morgan fingerprint density at radius 1 is 1.20 bits per heavy atom. The van der Waals surface area contributed by atoms with Gasteiger partial charge in [-0.25, -0.2) is 4.79 Å². The van der Waals surface area contributed by atoms with E-state index in [9.17, 15) is 14.4 Å². The molecule has 136 valence electrons. The van der Waals surface area contributed by atoms with E-state index in [2.05, 4.69) is 6.58 Å². The van der Waals surface area contributed by atoms with Gasteiger partial charge < -0.3 is 14.2 Å². The van der Waals surface area contributed by atoms with E-state index >= 15 is 0 Å². The summed E-state index contributed by atoms with van der Waals surface area (Å²) in [5.41, 5.74) is 2.04. The predicted octanol–water partition coefficient (Wildman–Crippen LogP) is 2.63. The fourth-order valence-corrected chi connectivity index (χ4v) is 3.23. The maximum absolute atomic E-state index is 12.0. The molecule has 2 aliphatic rings. The van der Waals surface area contributed by atoms with Gasteiger partial charge in [0.1, 0.15) is 18.3 Å². The normalized spacial score (nSPS) is 33.9. The molecule has 4 atom stereocenters. The van der Waals surface area contributed by atoms with Gasteiger partial charge in [-0.05, 0) is 25.5 Å². The van der Waals surface area contributed by atoms with Gasteiger partial charge in [0.2, 0.25) is 0 Å². The molecule has 0 aromatic heterocycles. The molecule has 1 aliphatic heterocycles. The molecule has 1 fully saturated rings. The summed E-state index contributed by atoms with van der Waals surface area (Å²) in [7, 11) is 0. The molecular weight excluding hydrogens is 324 g/mol. The fourth-order valence-electron chi connectivity index (χ4n) is 3.23. The second kappa shape index (κ2) is 7.68. The Morgan fingerprint density at radius 3 is 2.44 bits per heavy atom. The molecule has 0 N–H and O–H groups in total.